The predicted molar refractivity (Wildman–Crippen MR) is 68.8 cm³/mol. The van der Waals surface area contributed by atoms with E-state index in [1.807, 2.05) is 6.07 Å². The number of carbonyl (C=O) groups excluding carboxylic acids is 1. The molecule has 1 aromatic carbocycles. The van der Waals surface area contributed by atoms with Gasteiger partial charge in [-0.15, -0.1) is 0 Å². The third-order valence-corrected chi connectivity index (χ3v) is 2.95. The molecule has 0 radical (unpaired) electrons. The molecule has 0 aliphatic carbocycles. The molecule has 3 N–H and O–H groups in total. The average molecular weight is 303 g/mol. The Balaban J connectivity index is 3.16. The number of hydrogen-bond donors (Lipinski definition) is 2. The third kappa shape index (κ3) is 3.69. The van der Waals surface area contributed by atoms with Gasteiger partial charge < -0.3 is 14.9 Å². The highest BCUT2D eigenvalue weighted by molar-refractivity contribution is 9.10. The van der Waals surface area contributed by atoms with E-state index in [1.54, 1.807) is 13.2 Å². The van der Waals surface area contributed by atoms with E-state index in [0.29, 0.717) is 24.5 Å². The molecule has 17 heavy (non-hydrogen) atoms. The van der Waals surface area contributed by atoms with Gasteiger partial charge >= 0.3 is 0 Å². The largest absolute Gasteiger partial charge is 0.495 e. The fourth-order valence-electron chi connectivity index (χ4n) is 1.49. The van der Waals surface area contributed by atoms with Crippen molar-refractivity contribution in [1.29, 1.82) is 0 Å². The molecule has 1 rings (SSSR count). The van der Waals surface area contributed by atoms with Crippen LogP contribution >= 0.6 is 15.9 Å². The van der Waals surface area contributed by atoms with Crippen molar-refractivity contribution in [1.82, 2.24) is 0 Å². The maximum Gasteiger partial charge on any atom is 0.221 e. The Kier molecular flexibility index (Phi) is 5.40. The molecule has 0 atom stereocenters. The number of hydrogen-bond acceptors (Lipinski definition) is 4. The summed E-state index contributed by atoms with van der Waals surface area (Å²) in [5, 5.41) is 2.75. The molecule has 5 nitrogen and oxygen atoms in total. The molecule has 1 amide bonds. The highest BCUT2D eigenvalue weighted by Gasteiger charge is 2.13. The number of carbonyl (C=O) groups is 1. The molecule has 6 heteroatoms. The van der Waals surface area contributed by atoms with Gasteiger partial charge in [-0.3, -0.25) is 4.79 Å². The second kappa shape index (κ2) is 6.58. The quantitative estimate of drug-likeness (QED) is 0.814. The summed E-state index contributed by atoms with van der Waals surface area (Å²) >= 11 is 3.43. The molecule has 0 saturated carbocycles. The molecule has 1 aromatic rings. The van der Waals surface area contributed by atoms with Crippen LogP contribution in [0.15, 0.2) is 16.6 Å². The van der Waals surface area contributed by atoms with E-state index in [1.165, 1.54) is 6.92 Å². The Hall–Kier alpha value is -1.11. The van der Waals surface area contributed by atoms with Crippen LogP contribution in [-0.2, 0) is 16.1 Å². The van der Waals surface area contributed by atoms with Gasteiger partial charge in [-0.25, -0.2) is 5.90 Å². The van der Waals surface area contributed by atoms with Gasteiger partial charge in [-0.2, -0.15) is 0 Å². The van der Waals surface area contributed by atoms with E-state index >= 15 is 0 Å². The first-order chi connectivity index (χ1) is 8.10. The van der Waals surface area contributed by atoms with Crippen molar-refractivity contribution in [3.05, 3.63) is 22.2 Å². The van der Waals surface area contributed by atoms with Gasteiger partial charge in [-0.05, 0) is 17.7 Å². The minimum Gasteiger partial charge on any atom is -0.495 e. The van der Waals surface area contributed by atoms with Crippen LogP contribution in [0.1, 0.15) is 12.5 Å². The lowest BCUT2D eigenvalue weighted by Gasteiger charge is -2.15. The van der Waals surface area contributed by atoms with Crippen molar-refractivity contribution in [2.75, 3.05) is 19.0 Å². The number of nitrogens with two attached hydrogens (primary N) is 1. The molecule has 0 aliphatic rings. The van der Waals surface area contributed by atoms with E-state index < -0.39 is 0 Å². The fraction of sp³-hybridized carbons (Fsp3) is 0.364. The molecule has 0 fully saturated rings. The lowest BCUT2D eigenvalue weighted by molar-refractivity contribution is -0.114. The van der Waals surface area contributed by atoms with E-state index in [4.69, 9.17) is 10.6 Å². The summed E-state index contributed by atoms with van der Waals surface area (Å²) in [4.78, 5) is 15.7. The van der Waals surface area contributed by atoms with Gasteiger partial charge in [0.2, 0.25) is 5.91 Å². The Labute approximate surface area is 108 Å². The fourth-order valence-corrected chi connectivity index (χ4v) is 2.02. The lowest BCUT2D eigenvalue weighted by atomic mass is 10.1. The van der Waals surface area contributed by atoms with Crippen LogP contribution in [-0.4, -0.2) is 19.6 Å². The second-order valence-corrected chi connectivity index (χ2v) is 4.26. The molecule has 0 spiro atoms. The van der Waals surface area contributed by atoms with Gasteiger partial charge in [0.25, 0.3) is 0 Å². The van der Waals surface area contributed by atoms with Crippen LogP contribution in [0.5, 0.6) is 5.75 Å². The number of anilines is 1. The molecule has 0 bridgehead atoms. The highest BCUT2D eigenvalue weighted by atomic mass is 79.9. The van der Waals surface area contributed by atoms with E-state index in [9.17, 15) is 4.79 Å². The number of halogens is 1. The van der Waals surface area contributed by atoms with Crippen molar-refractivity contribution in [2.45, 2.75) is 13.3 Å². The van der Waals surface area contributed by atoms with Gasteiger partial charge in [-0.1, -0.05) is 15.9 Å². The Bertz CT molecular complexity index is 410. The van der Waals surface area contributed by atoms with Gasteiger partial charge in [0, 0.05) is 17.8 Å². The molecule has 0 saturated heterocycles. The zero-order valence-electron chi connectivity index (χ0n) is 9.75. The van der Waals surface area contributed by atoms with E-state index in [0.717, 1.165) is 10.0 Å². The maximum absolute atomic E-state index is 11.2. The van der Waals surface area contributed by atoms with Crippen molar-refractivity contribution < 1.29 is 14.4 Å². The monoisotopic (exact) mass is 302 g/mol. The molecular weight excluding hydrogens is 288 g/mol. The maximum atomic E-state index is 11.2. The number of nitrogens with one attached hydrogen (secondary N) is 1. The van der Waals surface area contributed by atoms with Crippen LogP contribution in [0.25, 0.3) is 0 Å². The first-order valence-electron chi connectivity index (χ1n) is 5.04. The summed E-state index contributed by atoms with van der Waals surface area (Å²) in [7, 11) is 1.55. The number of rotatable bonds is 5. The molecule has 0 heterocycles. The summed E-state index contributed by atoms with van der Waals surface area (Å²) < 4.78 is 6.09. The minimum absolute atomic E-state index is 0.156. The van der Waals surface area contributed by atoms with Crippen molar-refractivity contribution in [2.24, 2.45) is 5.90 Å². The summed E-state index contributed by atoms with van der Waals surface area (Å²) in [5.74, 6) is 5.47. The van der Waals surface area contributed by atoms with Crippen molar-refractivity contribution in [3.8, 4) is 5.75 Å². The Morgan fingerprint density at radius 1 is 1.53 bits per heavy atom. The van der Waals surface area contributed by atoms with Crippen LogP contribution in [0.2, 0.25) is 0 Å². The zero-order chi connectivity index (χ0) is 12.8. The molecular formula is C11H15BrN2O3. The van der Waals surface area contributed by atoms with Crippen LogP contribution in [0.4, 0.5) is 5.69 Å². The van der Waals surface area contributed by atoms with Gasteiger partial charge in [0.15, 0.2) is 0 Å². The molecule has 0 unspecified atom stereocenters. The standard InChI is InChI=1S/C11H15BrN2O3/c1-7(15)14-11-8(5-6-17-13)9(12)3-4-10(11)16-2/h3-4H,5-6,13H2,1-2H3,(H,14,15). The van der Waals surface area contributed by atoms with Crippen LogP contribution in [0.3, 0.4) is 0 Å². The smallest absolute Gasteiger partial charge is 0.221 e. The first-order valence-corrected chi connectivity index (χ1v) is 5.84. The summed E-state index contributed by atoms with van der Waals surface area (Å²) in [6, 6.07) is 3.64. The summed E-state index contributed by atoms with van der Waals surface area (Å²) in [5.41, 5.74) is 1.54. The zero-order valence-corrected chi connectivity index (χ0v) is 11.3. The normalized spacial score (nSPS) is 10.1. The number of ether oxygens (including phenoxy) is 1. The first kappa shape index (κ1) is 14.0. The number of methoxy groups -OCH3 is 1. The number of amides is 1. The second-order valence-electron chi connectivity index (χ2n) is 3.41. The van der Waals surface area contributed by atoms with Crippen LogP contribution in [0, 0.1) is 0 Å². The van der Waals surface area contributed by atoms with Crippen molar-refractivity contribution >= 4 is 27.5 Å². The van der Waals surface area contributed by atoms with E-state index in [2.05, 4.69) is 26.1 Å². The van der Waals surface area contributed by atoms with Crippen molar-refractivity contribution in [3.63, 3.8) is 0 Å². The van der Waals surface area contributed by atoms with Gasteiger partial charge in [0.1, 0.15) is 5.75 Å². The van der Waals surface area contributed by atoms with Gasteiger partial charge in [0.05, 0.1) is 19.4 Å². The molecule has 94 valence electrons. The van der Waals surface area contributed by atoms with Crippen LogP contribution < -0.4 is 16.0 Å². The Morgan fingerprint density at radius 3 is 2.76 bits per heavy atom. The predicted octanol–water partition coefficient (Wildman–Crippen LogP) is 1.85. The SMILES string of the molecule is COc1ccc(Br)c(CCON)c1NC(C)=O. The topological polar surface area (TPSA) is 73.6 Å². The highest BCUT2D eigenvalue weighted by Crippen LogP contribution is 2.34. The average Bonchev–Trinajstić information content (AvgIpc) is 2.28. The minimum atomic E-state index is -0.156. The summed E-state index contributed by atoms with van der Waals surface area (Å²) in [6.45, 7) is 1.81. The lowest BCUT2D eigenvalue weighted by Crippen LogP contribution is -2.12. The molecule has 0 aliphatic heterocycles. The summed E-state index contributed by atoms with van der Waals surface area (Å²) in [6.07, 6.45) is 0.573. The number of benzene rings is 1. The van der Waals surface area contributed by atoms with E-state index in [-0.39, 0.29) is 5.91 Å². The Morgan fingerprint density at radius 2 is 2.24 bits per heavy atom. The third-order valence-electron chi connectivity index (χ3n) is 2.21. The molecule has 0 aromatic heterocycles.